The van der Waals surface area contributed by atoms with Crippen LogP contribution in [0.4, 0.5) is 0 Å². The molecule has 0 bridgehead atoms. The van der Waals surface area contributed by atoms with Gasteiger partial charge in [0, 0.05) is 5.54 Å². The third-order valence-electron chi connectivity index (χ3n) is 3.14. The van der Waals surface area contributed by atoms with Crippen molar-refractivity contribution in [2.75, 3.05) is 53.9 Å². The SMILES string of the molecule is CCNC(C)(CO)CCN(C)CCCN(C)C. The summed E-state index contributed by atoms with van der Waals surface area (Å²) in [5, 5.41) is 12.7. The average Bonchev–Trinajstić information content (AvgIpc) is 2.26. The Balaban J connectivity index is 3.76. The lowest BCUT2D eigenvalue weighted by Gasteiger charge is -2.30. The predicted molar refractivity (Wildman–Crippen MR) is 74.5 cm³/mol. The van der Waals surface area contributed by atoms with E-state index in [-0.39, 0.29) is 12.1 Å². The van der Waals surface area contributed by atoms with E-state index in [0.717, 1.165) is 32.6 Å². The van der Waals surface area contributed by atoms with Crippen molar-refractivity contribution < 1.29 is 5.11 Å². The summed E-state index contributed by atoms with van der Waals surface area (Å²) in [6.07, 6.45) is 2.18. The predicted octanol–water partition coefficient (Wildman–Crippen LogP) is 0.621. The molecule has 0 saturated heterocycles. The third-order valence-corrected chi connectivity index (χ3v) is 3.14. The molecule has 0 radical (unpaired) electrons. The van der Waals surface area contributed by atoms with Gasteiger partial charge in [-0.2, -0.15) is 0 Å². The maximum absolute atomic E-state index is 9.39. The van der Waals surface area contributed by atoms with Crippen molar-refractivity contribution in [1.29, 1.82) is 0 Å². The van der Waals surface area contributed by atoms with E-state index in [4.69, 9.17) is 0 Å². The summed E-state index contributed by atoms with van der Waals surface area (Å²) in [5.41, 5.74) is -0.134. The minimum Gasteiger partial charge on any atom is -0.394 e. The van der Waals surface area contributed by atoms with Crippen LogP contribution < -0.4 is 5.32 Å². The van der Waals surface area contributed by atoms with Crippen molar-refractivity contribution in [3.63, 3.8) is 0 Å². The second kappa shape index (κ2) is 8.86. The number of likely N-dealkylation sites (N-methyl/N-ethyl adjacent to an activating group) is 1. The van der Waals surface area contributed by atoms with Crippen molar-refractivity contribution >= 4 is 0 Å². The molecule has 4 heteroatoms. The van der Waals surface area contributed by atoms with E-state index in [0.29, 0.717) is 0 Å². The molecule has 0 aliphatic carbocycles. The molecule has 2 N–H and O–H groups in total. The zero-order valence-corrected chi connectivity index (χ0v) is 12.3. The molecule has 4 nitrogen and oxygen atoms in total. The van der Waals surface area contributed by atoms with Crippen LogP contribution in [0.3, 0.4) is 0 Å². The van der Waals surface area contributed by atoms with Gasteiger partial charge in [0.25, 0.3) is 0 Å². The Morgan fingerprint density at radius 3 is 2.24 bits per heavy atom. The van der Waals surface area contributed by atoms with Gasteiger partial charge in [-0.3, -0.25) is 0 Å². The van der Waals surface area contributed by atoms with Gasteiger partial charge in [-0.1, -0.05) is 6.92 Å². The number of rotatable bonds is 10. The maximum Gasteiger partial charge on any atom is 0.0611 e. The molecule has 0 spiro atoms. The summed E-state index contributed by atoms with van der Waals surface area (Å²) in [6, 6.07) is 0. The van der Waals surface area contributed by atoms with Crippen LogP contribution in [-0.2, 0) is 0 Å². The highest BCUT2D eigenvalue weighted by atomic mass is 16.3. The van der Waals surface area contributed by atoms with Crippen LogP contribution in [0.2, 0.25) is 0 Å². The molecule has 0 fully saturated rings. The first-order valence-electron chi connectivity index (χ1n) is 6.62. The largest absolute Gasteiger partial charge is 0.394 e. The summed E-state index contributed by atoms with van der Waals surface area (Å²) in [5.74, 6) is 0. The molecule has 0 saturated carbocycles. The van der Waals surface area contributed by atoms with Crippen LogP contribution >= 0.6 is 0 Å². The number of aliphatic hydroxyl groups excluding tert-OH is 1. The summed E-state index contributed by atoms with van der Waals surface area (Å²) in [7, 11) is 6.36. The first-order chi connectivity index (χ1) is 7.93. The summed E-state index contributed by atoms with van der Waals surface area (Å²) in [4.78, 5) is 4.55. The summed E-state index contributed by atoms with van der Waals surface area (Å²) < 4.78 is 0. The number of hydrogen-bond donors (Lipinski definition) is 2. The Labute approximate surface area is 107 Å². The van der Waals surface area contributed by atoms with Gasteiger partial charge in [-0.05, 0) is 67.1 Å². The molecule has 0 amide bonds. The van der Waals surface area contributed by atoms with E-state index >= 15 is 0 Å². The molecule has 0 aromatic rings. The van der Waals surface area contributed by atoms with Gasteiger partial charge < -0.3 is 20.2 Å². The normalized spacial score (nSPS) is 15.5. The molecule has 0 aliphatic heterocycles. The van der Waals surface area contributed by atoms with Crippen molar-refractivity contribution in [3.8, 4) is 0 Å². The minimum atomic E-state index is -0.134. The zero-order chi connectivity index (χ0) is 13.3. The Bertz CT molecular complexity index is 188. The monoisotopic (exact) mass is 245 g/mol. The van der Waals surface area contributed by atoms with Crippen molar-refractivity contribution in [1.82, 2.24) is 15.1 Å². The first kappa shape index (κ1) is 16.8. The fraction of sp³-hybridized carbons (Fsp3) is 1.00. The molecule has 0 aliphatic rings. The minimum absolute atomic E-state index is 0.134. The van der Waals surface area contributed by atoms with E-state index in [1.54, 1.807) is 0 Å². The van der Waals surface area contributed by atoms with Crippen LogP contribution in [0.1, 0.15) is 26.7 Å². The van der Waals surface area contributed by atoms with Crippen LogP contribution in [0, 0.1) is 0 Å². The Morgan fingerprint density at radius 2 is 1.76 bits per heavy atom. The van der Waals surface area contributed by atoms with Gasteiger partial charge in [0.05, 0.1) is 6.61 Å². The second-order valence-corrected chi connectivity index (χ2v) is 5.46. The highest BCUT2D eigenvalue weighted by molar-refractivity contribution is 4.82. The Morgan fingerprint density at radius 1 is 1.12 bits per heavy atom. The average molecular weight is 245 g/mol. The van der Waals surface area contributed by atoms with E-state index in [1.807, 2.05) is 0 Å². The van der Waals surface area contributed by atoms with Crippen LogP contribution in [0.15, 0.2) is 0 Å². The Kier molecular flexibility index (Phi) is 8.78. The lowest BCUT2D eigenvalue weighted by Crippen LogP contribution is -2.47. The zero-order valence-electron chi connectivity index (χ0n) is 12.3. The molecular weight excluding hydrogens is 214 g/mol. The third kappa shape index (κ3) is 8.55. The van der Waals surface area contributed by atoms with Crippen LogP contribution in [0.25, 0.3) is 0 Å². The van der Waals surface area contributed by atoms with Crippen molar-refractivity contribution in [3.05, 3.63) is 0 Å². The highest BCUT2D eigenvalue weighted by Crippen LogP contribution is 2.09. The Hall–Kier alpha value is -0.160. The number of aliphatic hydroxyl groups is 1. The van der Waals surface area contributed by atoms with E-state index in [2.05, 4.69) is 50.1 Å². The van der Waals surface area contributed by atoms with Gasteiger partial charge >= 0.3 is 0 Å². The number of nitrogens with zero attached hydrogens (tertiary/aromatic N) is 2. The molecule has 104 valence electrons. The molecule has 0 aromatic heterocycles. The molecule has 1 unspecified atom stereocenters. The molecule has 0 heterocycles. The van der Waals surface area contributed by atoms with Gasteiger partial charge in [0.2, 0.25) is 0 Å². The van der Waals surface area contributed by atoms with E-state index < -0.39 is 0 Å². The fourth-order valence-corrected chi connectivity index (χ4v) is 1.86. The van der Waals surface area contributed by atoms with E-state index in [9.17, 15) is 5.11 Å². The molecule has 17 heavy (non-hydrogen) atoms. The standard InChI is InChI=1S/C13H31N3O/c1-6-14-13(2,12-17)8-11-16(5)10-7-9-15(3)4/h14,17H,6-12H2,1-5H3. The lowest BCUT2D eigenvalue weighted by molar-refractivity contribution is 0.152. The first-order valence-corrected chi connectivity index (χ1v) is 6.62. The van der Waals surface area contributed by atoms with Gasteiger partial charge in [-0.15, -0.1) is 0 Å². The number of nitrogens with one attached hydrogen (secondary N) is 1. The van der Waals surface area contributed by atoms with Crippen LogP contribution in [-0.4, -0.2) is 74.4 Å². The van der Waals surface area contributed by atoms with Gasteiger partial charge in [0.15, 0.2) is 0 Å². The van der Waals surface area contributed by atoms with Crippen molar-refractivity contribution in [2.24, 2.45) is 0 Å². The molecule has 0 aromatic carbocycles. The summed E-state index contributed by atoms with van der Waals surface area (Å²) in [6.45, 7) is 8.55. The molecule has 1 atom stereocenters. The topological polar surface area (TPSA) is 38.7 Å². The number of hydrogen-bond acceptors (Lipinski definition) is 4. The molecule has 0 rings (SSSR count). The van der Waals surface area contributed by atoms with Crippen molar-refractivity contribution in [2.45, 2.75) is 32.2 Å². The van der Waals surface area contributed by atoms with Gasteiger partial charge in [0.1, 0.15) is 0 Å². The maximum atomic E-state index is 9.39. The highest BCUT2D eigenvalue weighted by Gasteiger charge is 2.21. The second-order valence-electron chi connectivity index (χ2n) is 5.46. The van der Waals surface area contributed by atoms with Crippen LogP contribution in [0.5, 0.6) is 0 Å². The smallest absolute Gasteiger partial charge is 0.0611 e. The molecular formula is C13H31N3O. The quantitative estimate of drug-likeness (QED) is 0.592. The fourth-order valence-electron chi connectivity index (χ4n) is 1.86. The van der Waals surface area contributed by atoms with Gasteiger partial charge in [-0.25, -0.2) is 0 Å². The lowest BCUT2D eigenvalue weighted by atomic mass is 9.98. The van der Waals surface area contributed by atoms with E-state index in [1.165, 1.54) is 6.42 Å². The summed E-state index contributed by atoms with van der Waals surface area (Å²) >= 11 is 0.